The van der Waals surface area contributed by atoms with Crippen LogP contribution < -0.4 is 10.6 Å². The fourth-order valence-corrected chi connectivity index (χ4v) is 5.98. The maximum absolute atomic E-state index is 12.8. The van der Waals surface area contributed by atoms with E-state index in [2.05, 4.69) is 19.8 Å². The molecule has 5 rings (SSSR count). The number of hydrogen-bond acceptors (Lipinski definition) is 7. The number of imidazole rings is 1. The van der Waals surface area contributed by atoms with Crippen LogP contribution in [0.4, 0.5) is 5.82 Å². The number of ether oxygens (including phenoxy) is 1. The van der Waals surface area contributed by atoms with Crippen molar-refractivity contribution >= 4 is 26.9 Å². The predicted molar refractivity (Wildman–Crippen MR) is 130 cm³/mol. The van der Waals surface area contributed by atoms with Crippen molar-refractivity contribution in [2.24, 2.45) is 0 Å². The number of aryl methyl sites for hydroxylation is 1. The molecule has 2 saturated heterocycles. The third-order valence-electron chi connectivity index (χ3n) is 6.56. The molecule has 34 heavy (non-hydrogen) atoms. The van der Waals surface area contributed by atoms with Crippen LogP contribution in [0.1, 0.15) is 6.42 Å². The van der Waals surface area contributed by atoms with E-state index in [1.807, 2.05) is 28.8 Å². The first-order valence-electron chi connectivity index (χ1n) is 11.7. The summed E-state index contributed by atoms with van der Waals surface area (Å²) in [5, 5.41) is 0. The van der Waals surface area contributed by atoms with E-state index in [9.17, 15) is 13.2 Å². The number of rotatable bonds is 7. The van der Waals surface area contributed by atoms with Crippen molar-refractivity contribution in [2.45, 2.75) is 17.9 Å². The van der Waals surface area contributed by atoms with Gasteiger partial charge in [-0.25, -0.2) is 18.2 Å². The number of hydrogen-bond donors (Lipinski definition) is 1. The van der Waals surface area contributed by atoms with Gasteiger partial charge in [0.25, 0.3) is 0 Å². The highest BCUT2D eigenvalue weighted by Crippen LogP contribution is 2.20. The molecule has 182 valence electrons. The lowest BCUT2D eigenvalue weighted by atomic mass is 10.2. The summed E-state index contributed by atoms with van der Waals surface area (Å²) in [5.74, 6) is 0.797. The van der Waals surface area contributed by atoms with Crippen molar-refractivity contribution in [1.29, 1.82) is 0 Å². The van der Waals surface area contributed by atoms with Crippen LogP contribution in [0.5, 0.6) is 0 Å². The van der Waals surface area contributed by atoms with Gasteiger partial charge in [0.15, 0.2) is 0 Å². The average Bonchev–Trinajstić information content (AvgIpc) is 3.20. The number of sulfonamides is 1. The number of aromatic nitrogens is 3. The lowest BCUT2D eigenvalue weighted by molar-refractivity contribution is 0.0730. The van der Waals surface area contributed by atoms with E-state index < -0.39 is 10.0 Å². The molecule has 3 aromatic rings. The predicted octanol–water partition coefficient (Wildman–Crippen LogP) is 0.958. The molecule has 0 aliphatic carbocycles. The number of benzene rings is 1. The smallest absolute Gasteiger partial charge is 0.326 e. The minimum absolute atomic E-state index is 0.0591. The van der Waals surface area contributed by atoms with E-state index in [-0.39, 0.29) is 10.6 Å². The van der Waals surface area contributed by atoms with Crippen molar-refractivity contribution in [2.75, 3.05) is 63.9 Å². The van der Waals surface area contributed by atoms with Crippen LogP contribution in [-0.2, 0) is 21.3 Å². The summed E-state index contributed by atoms with van der Waals surface area (Å²) in [6.45, 7) is 6.67. The molecule has 0 amide bonds. The molecule has 0 radical (unpaired) electrons. The molecule has 10 nitrogen and oxygen atoms in total. The maximum Gasteiger partial charge on any atom is 0.326 e. The second-order valence-corrected chi connectivity index (χ2v) is 10.6. The highest BCUT2D eigenvalue weighted by atomic mass is 32.2. The van der Waals surface area contributed by atoms with Gasteiger partial charge in [0, 0.05) is 52.0 Å². The molecule has 1 aromatic carbocycles. The molecule has 0 unspecified atom stereocenters. The molecule has 2 aliphatic rings. The number of morpholine rings is 1. The fourth-order valence-electron chi connectivity index (χ4n) is 4.63. The number of nitrogens with zero attached hydrogens (tertiary/aromatic N) is 5. The van der Waals surface area contributed by atoms with Crippen LogP contribution in [0.3, 0.4) is 0 Å². The Balaban J connectivity index is 1.12. The fraction of sp³-hybridized carbons (Fsp3) is 0.478. The Morgan fingerprint density at radius 3 is 2.44 bits per heavy atom. The Morgan fingerprint density at radius 1 is 0.941 bits per heavy atom. The van der Waals surface area contributed by atoms with Crippen molar-refractivity contribution in [3.05, 3.63) is 53.1 Å². The van der Waals surface area contributed by atoms with Crippen LogP contribution in [0.15, 0.2) is 52.3 Å². The van der Waals surface area contributed by atoms with Gasteiger partial charge in [0.1, 0.15) is 10.7 Å². The molecule has 0 saturated carbocycles. The van der Waals surface area contributed by atoms with Gasteiger partial charge >= 0.3 is 5.69 Å². The molecule has 0 bridgehead atoms. The number of fused-ring (bicyclic) bond motifs is 1. The number of aromatic amines is 1. The average molecular weight is 487 g/mol. The lowest BCUT2D eigenvalue weighted by Gasteiger charge is -2.35. The lowest BCUT2D eigenvalue weighted by Crippen LogP contribution is -2.47. The van der Waals surface area contributed by atoms with E-state index in [1.165, 1.54) is 10.5 Å². The van der Waals surface area contributed by atoms with Gasteiger partial charge in [-0.2, -0.15) is 4.31 Å². The number of anilines is 1. The molecule has 2 aromatic heterocycles. The first kappa shape index (κ1) is 23.0. The molecular formula is C23H30N6O4S. The summed E-state index contributed by atoms with van der Waals surface area (Å²) >= 11 is 0. The van der Waals surface area contributed by atoms with Crippen LogP contribution in [-0.4, -0.2) is 91.2 Å². The van der Waals surface area contributed by atoms with Gasteiger partial charge in [-0.05, 0) is 37.2 Å². The summed E-state index contributed by atoms with van der Waals surface area (Å²) in [6.07, 6.45) is 2.36. The van der Waals surface area contributed by atoms with E-state index in [4.69, 9.17) is 4.74 Å². The molecule has 2 aliphatic heterocycles. The highest BCUT2D eigenvalue weighted by molar-refractivity contribution is 7.89. The SMILES string of the molecule is O=c1[nH]c2ccccc2n1CCCN1CCN(c2ccc(S(=O)(=O)N3CCOCC3)cn2)CC1. The van der Waals surface area contributed by atoms with Crippen molar-refractivity contribution in [3.63, 3.8) is 0 Å². The number of nitrogens with one attached hydrogen (secondary N) is 1. The van der Waals surface area contributed by atoms with Crippen LogP contribution in [0, 0.1) is 0 Å². The first-order chi connectivity index (χ1) is 16.5. The Bertz CT molecular complexity index is 1270. The second kappa shape index (κ2) is 9.87. The van der Waals surface area contributed by atoms with Gasteiger partial charge in [-0.15, -0.1) is 0 Å². The molecule has 0 spiro atoms. The Kier molecular flexibility index (Phi) is 6.68. The summed E-state index contributed by atoms with van der Waals surface area (Å²) in [6, 6.07) is 11.2. The van der Waals surface area contributed by atoms with E-state index in [0.717, 1.165) is 56.0 Å². The number of piperazine rings is 1. The van der Waals surface area contributed by atoms with Crippen molar-refractivity contribution in [1.82, 2.24) is 23.7 Å². The molecule has 4 heterocycles. The quantitative estimate of drug-likeness (QED) is 0.531. The van der Waals surface area contributed by atoms with Gasteiger partial charge in [0.2, 0.25) is 10.0 Å². The third kappa shape index (κ3) is 4.74. The summed E-state index contributed by atoms with van der Waals surface area (Å²) in [4.78, 5) is 24.4. The minimum Gasteiger partial charge on any atom is -0.379 e. The third-order valence-corrected chi connectivity index (χ3v) is 8.44. The van der Waals surface area contributed by atoms with Gasteiger partial charge in [-0.3, -0.25) is 9.47 Å². The van der Waals surface area contributed by atoms with Crippen molar-refractivity contribution < 1.29 is 13.2 Å². The zero-order valence-electron chi connectivity index (χ0n) is 19.1. The van der Waals surface area contributed by atoms with Crippen molar-refractivity contribution in [3.8, 4) is 0 Å². The van der Waals surface area contributed by atoms with Gasteiger partial charge in [0.05, 0.1) is 24.2 Å². The van der Waals surface area contributed by atoms with Gasteiger partial charge in [-0.1, -0.05) is 12.1 Å². The van der Waals surface area contributed by atoms with Crippen LogP contribution in [0.25, 0.3) is 11.0 Å². The zero-order chi connectivity index (χ0) is 23.5. The standard InChI is InChI=1S/C23H30N6O4S/c30-23-25-20-4-1-2-5-21(20)29(23)9-3-8-26-10-12-27(13-11-26)22-7-6-19(18-24-22)34(31,32)28-14-16-33-17-15-28/h1-2,4-7,18H,3,8-17H2,(H,25,30). The number of H-pyrrole nitrogens is 1. The Labute approximate surface area is 198 Å². The van der Waals surface area contributed by atoms with E-state index in [0.29, 0.717) is 32.8 Å². The molecule has 2 fully saturated rings. The monoisotopic (exact) mass is 486 g/mol. The number of pyridine rings is 1. The topological polar surface area (TPSA) is 104 Å². The maximum atomic E-state index is 12.8. The molecule has 11 heteroatoms. The normalized spacial score (nSPS) is 18.5. The largest absolute Gasteiger partial charge is 0.379 e. The number of para-hydroxylation sites is 2. The molecule has 1 N–H and O–H groups in total. The Hall–Kier alpha value is -2.73. The van der Waals surface area contributed by atoms with E-state index in [1.54, 1.807) is 12.1 Å². The zero-order valence-corrected chi connectivity index (χ0v) is 19.9. The van der Waals surface area contributed by atoms with Crippen LogP contribution in [0.2, 0.25) is 0 Å². The minimum atomic E-state index is -3.53. The summed E-state index contributed by atoms with van der Waals surface area (Å²) in [7, 11) is -3.53. The van der Waals surface area contributed by atoms with Crippen LogP contribution >= 0.6 is 0 Å². The highest BCUT2D eigenvalue weighted by Gasteiger charge is 2.27. The summed E-state index contributed by atoms with van der Waals surface area (Å²) in [5.41, 5.74) is 1.76. The van der Waals surface area contributed by atoms with E-state index >= 15 is 0 Å². The molecule has 0 atom stereocenters. The second-order valence-electron chi connectivity index (χ2n) is 8.65. The van der Waals surface area contributed by atoms with Gasteiger partial charge < -0.3 is 14.6 Å². The Morgan fingerprint density at radius 2 is 1.71 bits per heavy atom. The molecular weight excluding hydrogens is 456 g/mol. The first-order valence-corrected chi connectivity index (χ1v) is 13.2. The summed E-state index contributed by atoms with van der Waals surface area (Å²) < 4.78 is 34.1.